The van der Waals surface area contributed by atoms with Crippen molar-refractivity contribution in [3.63, 3.8) is 0 Å². The number of amides is 1. The Bertz CT molecular complexity index is 550. The smallest absolute Gasteiger partial charge is 0.329 e. The molecule has 5 nitrogen and oxygen atoms in total. The van der Waals surface area contributed by atoms with Gasteiger partial charge in [0, 0.05) is 12.5 Å². The van der Waals surface area contributed by atoms with Gasteiger partial charge in [0.05, 0.1) is 6.61 Å². The van der Waals surface area contributed by atoms with E-state index in [1.165, 1.54) is 0 Å². The van der Waals surface area contributed by atoms with Gasteiger partial charge in [-0.3, -0.25) is 4.79 Å². The van der Waals surface area contributed by atoms with E-state index in [-0.39, 0.29) is 36.5 Å². The maximum Gasteiger partial charge on any atom is 0.329 e. The van der Waals surface area contributed by atoms with E-state index < -0.39 is 24.2 Å². The summed E-state index contributed by atoms with van der Waals surface area (Å²) in [4.78, 5) is 22.0. The van der Waals surface area contributed by atoms with Crippen molar-refractivity contribution in [2.75, 3.05) is 19.8 Å². The molecule has 2 atom stereocenters. The summed E-state index contributed by atoms with van der Waals surface area (Å²) in [7, 11) is 0. The molecule has 2 unspecified atom stereocenters. The van der Waals surface area contributed by atoms with Gasteiger partial charge in [-0.15, -0.1) is 0 Å². The highest BCUT2D eigenvalue weighted by Gasteiger charge is 2.45. The highest BCUT2D eigenvalue weighted by atomic mass is 19.1. The number of benzene rings is 1. The summed E-state index contributed by atoms with van der Waals surface area (Å²) in [5.41, 5.74) is 0.220. The topological polar surface area (TPSA) is 75.6 Å². The predicted molar refractivity (Wildman–Crippen MR) is 68.7 cm³/mol. The monoisotopic (exact) mass is 299 g/mol. The normalized spacial score (nSPS) is 20.1. The fraction of sp³-hybridized carbons (Fsp3) is 0.429. The van der Waals surface area contributed by atoms with E-state index in [4.69, 9.17) is 9.84 Å². The summed E-state index contributed by atoms with van der Waals surface area (Å²) in [5.74, 6) is -3.06. The van der Waals surface area contributed by atoms with Crippen LogP contribution in [0.3, 0.4) is 0 Å². The fourth-order valence-electron chi connectivity index (χ4n) is 2.16. The third-order valence-corrected chi connectivity index (χ3v) is 3.26. The molecule has 21 heavy (non-hydrogen) atoms. The maximum absolute atomic E-state index is 13.6. The van der Waals surface area contributed by atoms with E-state index in [1.807, 2.05) is 0 Å². The molecule has 0 aliphatic heterocycles. The van der Waals surface area contributed by atoms with Crippen LogP contribution < -0.4 is 5.32 Å². The molecule has 114 valence electrons. The lowest BCUT2D eigenvalue weighted by Crippen LogP contribution is -2.29. The minimum absolute atomic E-state index is 0.0871. The van der Waals surface area contributed by atoms with Gasteiger partial charge in [-0.2, -0.15) is 0 Å². The van der Waals surface area contributed by atoms with Gasteiger partial charge in [-0.1, -0.05) is 0 Å². The van der Waals surface area contributed by atoms with Gasteiger partial charge in [0.1, 0.15) is 18.2 Å². The number of carboxylic acids is 1. The van der Waals surface area contributed by atoms with Crippen LogP contribution in [0.15, 0.2) is 18.2 Å². The van der Waals surface area contributed by atoms with Gasteiger partial charge >= 0.3 is 5.97 Å². The lowest BCUT2D eigenvalue weighted by atomic mass is 10.1. The highest BCUT2D eigenvalue weighted by molar-refractivity contribution is 5.82. The number of nitrogens with one attached hydrogen (secondary N) is 1. The Morgan fingerprint density at radius 3 is 2.86 bits per heavy atom. The molecular formula is C14H15F2NO4. The number of aliphatic carboxylic acids is 1. The van der Waals surface area contributed by atoms with Crippen LogP contribution in [0, 0.1) is 17.6 Å². The molecule has 1 aliphatic carbocycles. The first-order valence-electron chi connectivity index (χ1n) is 6.51. The Kier molecular flexibility index (Phi) is 4.85. The Labute approximate surface area is 119 Å². The van der Waals surface area contributed by atoms with Crippen LogP contribution in [0.2, 0.25) is 0 Å². The van der Waals surface area contributed by atoms with Crippen LogP contribution in [0.1, 0.15) is 17.9 Å². The fourth-order valence-corrected chi connectivity index (χ4v) is 2.16. The Morgan fingerprint density at radius 2 is 2.14 bits per heavy atom. The Hall–Kier alpha value is -2.02. The molecule has 0 spiro atoms. The minimum Gasteiger partial charge on any atom is -0.480 e. The molecule has 0 bridgehead atoms. The second kappa shape index (κ2) is 6.62. The van der Waals surface area contributed by atoms with E-state index in [9.17, 15) is 18.4 Å². The lowest BCUT2D eigenvalue weighted by Gasteiger charge is -2.06. The number of hydrogen-bond donors (Lipinski definition) is 2. The van der Waals surface area contributed by atoms with Crippen molar-refractivity contribution >= 4 is 11.9 Å². The maximum atomic E-state index is 13.6. The highest BCUT2D eigenvalue weighted by Crippen LogP contribution is 2.48. The molecule has 1 aliphatic rings. The molecule has 2 rings (SSSR count). The van der Waals surface area contributed by atoms with Gasteiger partial charge < -0.3 is 15.2 Å². The Morgan fingerprint density at radius 1 is 1.38 bits per heavy atom. The van der Waals surface area contributed by atoms with Gasteiger partial charge in [-0.25, -0.2) is 13.6 Å². The number of ether oxygens (including phenoxy) is 1. The molecule has 1 saturated carbocycles. The molecule has 2 N–H and O–H groups in total. The largest absolute Gasteiger partial charge is 0.480 e. The number of carboxylic acid groups (broad SMARTS) is 1. The first kappa shape index (κ1) is 15.4. The second-order valence-electron chi connectivity index (χ2n) is 4.85. The van der Waals surface area contributed by atoms with E-state index in [0.717, 1.165) is 18.2 Å². The molecule has 1 amide bonds. The van der Waals surface area contributed by atoms with Crippen LogP contribution in [0.25, 0.3) is 0 Å². The van der Waals surface area contributed by atoms with Crippen LogP contribution >= 0.6 is 0 Å². The first-order chi connectivity index (χ1) is 9.99. The Balaban J connectivity index is 1.76. The van der Waals surface area contributed by atoms with E-state index in [1.54, 1.807) is 0 Å². The molecule has 1 aromatic rings. The van der Waals surface area contributed by atoms with Crippen molar-refractivity contribution in [2.45, 2.75) is 12.3 Å². The van der Waals surface area contributed by atoms with Gasteiger partial charge in [0.15, 0.2) is 0 Å². The zero-order chi connectivity index (χ0) is 15.4. The second-order valence-corrected chi connectivity index (χ2v) is 4.85. The predicted octanol–water partition coefficient (Wildman–Crippen LogP) is 1.29. The van der Waals surface area contributed by atoms with Crippen molar-refractivity contribution in [1.29, 1.82) is 0 Å². The van der Waals surface area contributed by atoms with Crippen molar-refractivity contribution in [1.82, 2.24) is 5.32 Å². The number of halogens is 2. The molecule has 0 heterocycles. The van der Waals surface area contributed by atoms with Crippen LogP contribution in [-0.4, -0.2) is 36.7 Å². The average molecular weight is 299 g/mol. The van der Waals surface area contributed by atoms with Crippen molar-refractivity contribution in [2.24, 2.45) is 5.92 Å². The van der Waals surface area contributed by atoms with Gasteiger partial charge in [0.2, 0.25) is 5.91 Å². The first-order valence-corrected chi connectivity index (χ1v) is 6.51. The average Bonchev–Trinajstić information content (AvgIpc) is 3.21. The standard InChI is InChI=1S/C14H15F2NO4/c15-8-1-2-12(16)10(5-8)9-6-11(9)14(20)17-3-4-21-7-13(18)19/h1-2,5,9,11H,3-4,6-7H2,(H,17,20)(H,18,19). The quantitative estimate of drug-likeness (QED) is 0.744. The molecule has 1 fully saturated rings. The molecule has 0 radical (unpaired) electrons. The summed E-state index contributed by atoms with van der Waals surface area (Å²) in [6.07, 6.45) is 0.474. The summed E-state index contributed by atoms with van der Waals surface area (Å²) in [5, 5.41) is 10.9. The van der Waals surface area contributed by atoms with Crippen LogP contribution in [-0.2, 0) is 14.3 Å². The third kappa shape index (κ3) is 4.22. The SMILES string of the molecule is O=C(O)COCCNC(=O)C1CC1c1cc(F)ccc1F. The summed E-state index contributed by atoms with van der Waals surface area (Å²) in [6, 6.07) is 3.21. The van der Waals surface area contributed by atoms with E-state index >= 15 is 0 Å². The van der Waals surface area contributed by atoms with E-state index in [2.05, 4.69) is 5.32 Å². The molecular weight excluding hydrogens is 284 g/mol. The van der Waals surface area contributed by atoms with Crippen LogP contribution in [0.4, 0.5) is 8.78 Å². The van der Waals surface area contributed by atoms with Gasteiger partial charge in [-0.05, 0) is 36.1 Å². The summed E-state index contributed by atoms with van der Waals surface area (Å²) < 4.78 is 31.4. The van der Waals surface area contributed by atoms with Gasteiger partial charge in [0.25, 0.3) is 0 Å². The summed E-state index contributed by atoms with van der Waals surface area (Å²) in [6.45, 7) is -0.152. The number of carbonyl (C=O) groups is 2. The third-order valence-electron chi connectivity index (χ3n) is 3.26. The van der Waals surface area contributed by atoms with E-state index in [0.29, 0.717) is 6.42 Å². The van der Waals surface area contributed by atoms with Crippen LogP contribution in [0.5, 0.6) is 0 Å². The molecule has 1 aromatic carbocycles. The molecule has 0 saturated heterocycles. The summed E-state index contributed by atoms with van der Waals surface area (Å²) >= 11 is 0. The van der Waals surface area contributed by atoms with Crippen molar-refractivity contribution in [3.05, 3.63) is 35.4 Å². The zero-order valence-electron chi connectivity index (χ0n) is 11.1. The molecule has 7 heteroatoms. The number of carbonyl (C=O) groups excluding carboxylic acids is 1. The number of hydrogen-bond acceptors (Lipinski definition) is 3. The zero-order valence-corrected chi connectivity index (χ0v) is 11.1. The van der Waals surface area contributed by atoms with Crippen molar-refractivity contribution in [3.8, 4) is 0 Å². The molecule has 0 aromatic heterocycles. The minimum atomic E-state index is -1.08. The lowest BCUT2D eigenvalue weighted by molar-refractivity contribution is -0.142. The number of rotatable bonds is 7. The van der Waals surface area contributed by atoms with Crippen molar-refractivity contribution < 1.29 is 28.2 Å².